The van der Waals surface area contributed by atoms with Gasteiger partial charge in [0, 0.05) is 31.5 Å². The zero-order valence-corrected chi connectivity index (χ0v) is 15.7. The van der Waals surface area contributed by atoms with E-state index in [0.717, 1.165) is 29.7 Å². The molecule has 2 N–H and O–H groups in total. The SMILES string of the molecule is COC(c1ccc(-c2ccc(OCCCN(C)C)nc2)cc1)C(N)CF. The fraction of sp³-hybridized carbons (Fsp3) is 0.450. The van der Waals surface area contributed by atoms with E-state index in [0.29, 0.717) is 12.5 Å². The molecule has 1 heterocycles. The van der Waals surface area contributed by atoms with Gasteiger partial charge in [-0.2, -0.15) is 0 Å². The topological polar surface area (TPSA) is 60.6 Å². The summed E-state index contributed by atoms with van der Waals surface area (Å²) in [6.07, 6.45) is 2.29. The van der Waals surface area contributed by atoms with Gasteiger partial charge in [0.25, 0.3) is 0 Å². The lowest BCUT2D eigenvalue weighted by molar-refractivity contribution is 0.0721. The number of pyridine rings is 1. The normalized spacial score (nSPS) is 13.6. The predicted octanol–water partition coefficient (Wildman–Crippen LogP) is 3.06. The minimum atomic E-state index is -0.670. The maximum Gasteiger partial charge on any atom is 0.213 e. The Morgan fingerprint density at radius 2 is 1.81 bits per heavy atom. The molecule has 2 atom stereocenters. The van der Waals surface area contributed by atoms with E-state index < -0.39 is 18.8 Å². The Kier molecular flexibility index (Phi) is 7.97. The molecule has 2 rings (SSSR count). The number of nitrogens with zero attached hydrogens (tertiary/aromatic N) is 2. The van der Waals surface area contributed by atoms with Gasteiger partial charge >= 0.3 is 0 Å². The summed E-state index contributed by atoms with van der Waals surface area (Å²) in [5.74, 6) is 0.623. The first kappa shape index (κ1) is 20.3. The molecule has 2 unspecified atom stereocenters. The minimum absolute atomic E-state index is 0.454. The third-order valence-electron chi connectivity index (χ3n) is 4.13. The van der Waals surface area contributed by atoms with E-state index in [-0.39, 0.29) is 0 Å². The highest BCUT2D eigenvalue weighted by Gasteiger charge is 2.19. The number of halogens is 1. The quantitative estimate of drug-likeness (QED) is 0.659. The maximum absolute atomic E-state index is 12.8. The number of ether oxygens (including phenoxy) is 2. The van der Waals surface area contributed by atoms with Crippen molar-refractivity contribution in [2.75, 3.05) is 41.0 Å². The summed E-state index contributed by atoms with van der Waals surface area (Å²) in [4.78, 5) is 6.48. The Labute approximate surface area is 154 Å². The van der Waals surface area contributed by atoms with Crippen LogP contribution in [0.25, 0.3) is 11.1 Å². The number of methoxy groups -OCH3 is 1. The number of benzene rings is 1. The summed E-state index contributed by atoms with van der Waals surface area (Å²) >= 11 is 0. The van der Waals surface area contributed by atoms with Crippen LogP contribution in [0.15, 0.2) is 42.6 Å². The molecule has 0 bridgehead atoms. The van der Waals surface area contributed by atoms with Crippen molar-refractivity contribution in [2.45, 2.75) is 18.6 Å². The molecule has 0 aliphatic heterocycles. The van der Waals surface area contributed by atoms with Crippen LogP contribution in [-0.4, -0.2) is 57.0 Å². The number of alkyl halides is 1. The van der Waals surface area contributed by atoms with E-state index in [1.165, 1.54) is 7.11 Å². The second kappa shape index (κ2) is 10.2. The lowest BCUT2D eigenvalue weighted by atomic mass is 10.00. The van der Waals surface area contributed by atoms with Crippen molar-refractivity contribution >= 4 is 0 Å². The molecule has 0 saturated carbocycles. The molecule has 5 nitrogen and oxygen atoms in total. The monoisotopic (exact) mass is 361 g/mol. The summed E-state index contributed by atoms with van der Waals surface area (Å²) < 4.78 is 23.8. The van der Waals surface area contributed by atoms with Crippen molar-refractivity contribution in [2.24, 2.45) is 5.73 Å². The van der Waals surface area contributed by atoms with Gasteiger partial charge in [-0.3, -0.25) is 0 Å². The Morgan fingerprint density at radius 1 is 1.12 bits per heavy atom. The molecular formula is C20H28FN3O2. The molecule has 26 heavy (non-hydrogen) atoms. The molecule has 1 aromatic carbocycles. The van der Waals surface area contributed by atoms with Gasteiger partial charge in [0.2, 0.25) is 5.88 Å². The van der Waals surface area contributed by atoms with Gasteiger partial charge in [0.15, 0.2) is 0 Å². The van der Waals surface area contributed by atoms with E-state index in [1.807, 2.05) is 50.5 Å². The van der Waals surface area contributed by atoms with E-state index >= 15 is 0 Å². The van der Waals surface area contributed by atoms with E-state index in [9.17, 15) is 4.39 Å². The largest absolute Gasteiger partial charge is 0.478 e. The van der Waals surface area contributed by atoms with Crippen LogP contribution >= 0.6 is 0 Å². The lowest BCUT2D eigenvalue weighted by Crippen LogP contribution is -2.31. The van der Waals surface area contributed by atoms with Crippen molar-refractivity contribution in [3.63, 3.8) is 0 Å². The summed E-state index contributed by atoms with van der Waals surface area (Å²) in [6, 6.07) is 10.9. The lowest BCUT2D eigenvalue weighted by Gasteiger charge is -2.20. The summed E-state index contributed by atoms with van der Waals surface area (Å²) in [5, 5.41) is 0. The fourth-order valence-corrected chi connectivity index (χ4v) is 2.70. The smallest absolute Gasteiger partial charge is 0.213 e. The maximum atomic E-state index is 12.8. The third kappa shape index (κ3) is 5.76. The van der Waals surface area contributed by atoms with Gasteiger partial charge in [-0.25, -0.2) is 9.37 Å². The third-order valence-corrected chi connectivity index (χ3v) is 4.13. The number of aromatic nitrogens is 1. The Hall–Kier alpha value is -2.02. The second-order valence-electron chi connectivity index (χ2n) is 6.49. The summed E-state index contributed by atoms with van der Waals surface area (Å²) in [7, 11) is 5.62. The van der Waals surface area contributed by atoms with Crippen LogP contribution in [0.1, 0.15) is 18.1 Å². The van der Waals surface area contributed by atoms with E-state index in [1.54, 1.807) is 6.20 Å². The van der Waals surface area contributed by atoms with E-state index in [4.69, 9.17) is 15.2 Å². The van der Waals surface area contributed by atoms with Crippen molar-refractivity contribution < 1.29 is 13.9 Å². The predicted molar refractivity (Wildman–Crippen MR) is 102 cm³/mol. The van der Waals surface area contributed by atoms with Gasteiger partial charge in [-0.05, 0) is 37.7 Å². The molecule has 0 spiro atoms. The summed E-state index contributed by atoms with van der Waals surface area (Å²) in [5.41, 5.74) is 8.63. The molecule has 0 fully saturated rings. The van der Waals surface area contributed by atoms with Gasteiger partial charge in [-0.15, -0.1) is 0 Å². The Balaban J connectivity index is 1.98. The number of hydrogen-bond acceptors (Lipinski definition) is 5. The highest BCUT2D eigenvalue weighted by Crippen LogP contribution is 2.25. The molecule has 0 saturated heterocycles. The zero-order chi connectivity index (χ0) is 18.9. The average Bonchev–Trinajstić information content (AvgIpc) is 2.66. The van der Waals surface area contributed by atoms with E-state index in [2.05, 4.69) is 9.88 Å². The van der Waals surface area contributed by atoms with Crippen molar-refractivity contribution in [1.29, 1.82) is 0 Å². The highest BCUT2D eigenvalue weighted by molar-refractivity contribution is 5.63. The first-order chi connectivity index (χ1) is 12.5. The van der Waals surface area contributed by atoms with Crippen molar-refractivity contribution in [1.82, 2.24) is 9.88 Å². The minimum Gasteiger partial charge on any atom is -0.478 e. The van der Waals surface area contributed by atoms with Gasteiger partial charge in [-0.1, -0.05) is 24.3 Å². The van der Waals surface area contributed by atoms with Crippen LogP contribution in [0.5, 0.6) is 5.88 Å². The second-order valence-corrected chi connectivity index (χ2v) is 6.49. The molecule has 2 aromatic rings. The van der Waals surface area contributed by atoms with Gasteiger partial charge < -0.3 is 20.1 Å². The first-order valence-corrected chi connectivity index (χ1v) is 8.73. The van der Waals surface area contributed by atoms with Crippen molar-refractivity contribution in [3.05, 3.63) is 48.2 Å². The van der Waals surface area contributed by atoms with Crippen LogP contribution in [0.3, 0.4) is 0 Å². The number of rotatable bonds is 10. The van der Waals surface area contributed by atoms with Gasteiger partial charge in [0.05, 0.1) is 18.8 Å². The molecule has 142 valence electrons. The Morgan fingerprint density at radius 3 is 2.35 bits per heavy atom. The average molecular weight is 361 g/mol. The molecule has 0 aliphatic rings. The van der Waals surface area contributed by atoms with Crippen LogP contribution in [0.4, 0.5) is 4.39 Å². The van der Waals surface area contributed by atoms with Crippen LogP contribution in [0.2, 0.25) is 0 Å². The van der Waals surface area contributed by atoms with Crippen LogP contribution < -0.4 is 10.5 Å². The zero-order valence-electron chi connectivity index (χ0n) is 15.7. The first-order valence-electron chi connectivity index (χ1n) is 8.73. The van der Waals surface area contributed by atoms with Crippen molar-refractivity contribution in [3.8, 4) is 17.0 Å². The number of nitrogens with two attached hydrogens (primary N) is 1. The number of hydrogen-bond donors (Lipinski definition) is 1. The fourth-order valence-electron chi connectivity index (χ4n) is 2.70. The highest BCUT2D eigenvalue weighted by atomic mass is 19.1. The standard InChI is InChI=1S/C20H28FN3O2/c1-24(2)11-4-12-26-19-10-9-17(14-23-19)15-5-7-16(8-6-15)20(25-3)18(22)13-21/h5-10,14,18,20H,4,11-13,22H2,1-3H3. The van der Waals surface area contributed by atoms with Gasteiger partial charge in [0.1, 0.15) is 6.67 Å². The summed E-state index contributed by atoms with van der Waals surface area (Å²) in [6.45, 7) is 1.01. The molecule has 6 heteroatoms. The molecular weight excluding hydrogens is 333 g/mol. The molecule has 0 aliphatic carbocycles. The van der Waals surface area contributed by atoms with Crippen LogP contribution in [0, 0.1) is 0 Å². The molecule has 0 radical (unpaired) electrons. The van der Waals surface area contributed by atoms with Crippen LogP contribution in [-0.2, 0) is 4.74 Å². The Bertz CT molecular complexity index is 647. The molecule has 1 aromatic heterocycles. The molecule has 0 amide bonds.